The molecule has 6 rings (SSSR count). The third kappa shape index (κ3) is 3.76. The summed E-state index contributed by atoms with van der Waals surface area (Å²) in [6.07, 6.45) is 1.86. The molecule has 0 unspecified atom stereocenters. The molecule has 3 heterocycles. The first kappa shape index (κ1) is 22.5. The van der Waals surface area contributed by atoms with Crippen LogP contribution < -0.4 is 24.4 Å². The maximum absolute atomic E-state index is 13.6. The Hall–Kier alpha value is -3.97. The van der Waals surface area contributed by atoms with Crippen molar-refractivity contribution in [2.45, 2.75) is 32.2 Å². The summed E-state index contributed by atoms with van der Waals surface area (Å²) in [4.78, 5) is 31.7. The molecular formula is C29H24N2O4S. The van der Waals surface area contributed by atoms with Gasteiger partial charge in [0.1, 0.15) is 29.8 Å². The lowest BCUT2D eigenvalue weighted by atomic mass is 9.79. The van der Waals surface area contributed by atoms with Gasteiger partial charge in [-0.2, -0.15) is 0 Å². The van der Waals surface area contributed by atoms with Crippen molar-refractivity contribution in [2.75, 3.05) is 0 Å². The van der Waals surface area contributed by atoms with E-state index in [0.29, 0.717) is 21.7 Å². The first-order chi connectivity index (χ1) is 17.4. The molecule has 6 nitrogen and oxygen atoms in total. The summed E-state index contributed by atoms with van der Waals surface area (Å²) < 4.78 is 14.3. The molecule has 0 aliphatic carbocycles. The van der Waals surface area contributed by atoms with E-state index in [1.165, 1.54) is 11.3 Å². The number of hydrogen-bond donors (Lipinski definition) is 0. The summed E-state index contributed by atoms with van der Waals surface area (Å²) >= 11 is 1.32. The van der Waals surface area contributed by atoms with Crippen LogP contribution in [0.25, 0.3) is 6.08 Å². The minimum Gasteiger partial charge on any atom is -0.489 e. The highest BCUT2D eigenvalue weighted by Gasteiger charge is 2.53. The summed E-state index contributed by atoms with van der Waals surface area (Å²) in [6.45, 7) is 3.86. The third-order valence-corrected chi connectivity index (χ3v) is 7.73. The molecular weight excluding hydrogens is 472 g/mol. The van der Waals surface area contributed by atoms with Crippen LogP contribution in [0, 0.1) is 5.92 Å². The average Bonchev–Trinajstić information content (AvgIpc) is 3.16. The van der Waals surface area contributed by atoms with Gasteiger partial charge in [-0.3, -0.25) is 14.2 Å². The molecule has 36 heavy (non-hydrogen) atoms. The Morgan fingerprint density at radius 1 is 1.08 bits per heavy atom. The number of ether oxygens (including phenoxy) is 2. The molecule has 2 bridgehead atoms. The maximum atomic E-state index is 13.6. The average molecular weight is 497 g/mol. The van der Waals surface area contributed by atoms with Crippen LogP contribution in [0.5, 0.6) is 11.5 Å². The van der Waals surface area contributed by atoms with Crippen LogP contribution >= 0.6 is 11.3 Å². The number of aromatic nitrogens is 1. The minimum atomic E-state index is -1.06. The standard InChI is InChI=1S/C29H24N2O4S/c1-18(32)25-26-22-10-6-7-11-23(22)35-29(25,2)30-28-31(26)27(33)24(36-28)16-19-12-14-21(15-13-19)34-17-20-8-4-3-5-9-20/h3-16,25-26H,17H2,1-2H3/b24-16+/t25-,26+,29+/m0/s1. The molecule has 0 fully saturated rings. The highest BCUT2D eigenvalue weighted by Crippen LogP contribution is 2.47. The lowest BCUT2D eigenvalue weighted by molar-refractivity contribution is -0.132. The highest BCUT2D eigenvalue weighted by molar-refractivity contribution is 7.07. The van der Waals surface area contributed by atoms with Crippen molar-refractivity contribution >= 4 is 23.2 Å². The predicted molar refractivity (Wildman–Crippen MR) is 138 cm³/mol. The van der Waals surface area contributed by atoms with Crippen molar-refractivity contribution in [3.63, 3.8) is 0 Å². The SMILES string of the molecule is CC(=O)[C@H]1[C@H]2c3ccccc3O[C@@]1(C)N=c1s/c(=C/c3ccc(OCc4ccccc4)cc3)c(=O)n12. The predicted octanol–water partition coefficient (Wildman–Crippen LogP) is 3.85. The molecule has 0 N–H and O–H groups in total. The van der Waals surface area contributed by atoms with Crippen LogP contribution in [0.2, 0.25) is 0 Å². The zero-order valence-corrected chi connectivity index (χ0v) is 20.7. The largest absolute Gasteiger partial charge is 0.489 e. The molecule has 0 saturated heterocycles. The summed E-state index contributed by atoms with van der Waals surface area (Å²) in [6, 6.07) is 24.8. The van der Waals surface area contributed by atoms with E-state index in [-0.39, 0.29) is 11.3 Å². The molecule has 2 aliphatic heterocycles. The van der Waals surface area contributed by atoms with E-state index in [1.807, 2.05) is 91.9 Å². The molecule has 3 atom stereocenters. The maximum Gasteiger partial charge on any atom is 0.270 e. The highest BCUT2D eigenvalue weighted by atomic mass is 32.1. The molecule has 3 aromatic carbocycles. The number of carbonyl (C=O) groups is 1. The van der Waals surface area contributed by atoms with Gasteiger partial charge in [0.05, 0.1) is 10.6 Å². The summed E-state index contributed by atoms with van der Waals surface area (Å²) in [5.41, 5.74) is 1.60. The van der Waals surface area contributed by atoms with Crippen LogP contribution in [0.15, 0.2) is 88.6 Å². The monoisotopic (exact) mass is 496 g/mol. The van der Waals surface area contributed by atoms with Gasteiger partial charge in [-0.15, -0.1) is 0 Å². The Balaban J connectivity index is 1.38. The Kier molecular flexibility index (Phi) is 5.38. The van der Waals surface area contributed by atoms with Gasteiger partial charge in [-0.1, -0.05) is 72.0 Å². The second kappa shape index (κ2) is 8.60. The van der Waals surface area contributed by atoms with Crippen LogP contribution in [0.3, 0.4) is 0 Å². The fourth-order valence-electron chi connectivity index (χ4n) is 5.11. The Bertz CT molecular complexity index is 1640. The Labute approximate surface area is 211 Å². The number of rotatable bonds is 5. The number of para-hydroxylation sites is 1. The van der Waals surface area contributed by atoms with E-state index in [1.54, 1.807) is 11.5 Å². The van der Waals surface area contributed by atoms with Crippen molar-refractivity contribution in [3.05, 3.63) is 115 Å². The lowest BCUT2D eigenvalue weighted by Gasteiger charge is -2.45. The number of benzene rings is 3. The van der Waals surface area contributed by atoms with Crippen LogP contribution in [-0.2, 0) is 11.4 Å². The van der Waals surface area contributed by atoms with Gasteiger partial charge in [0.15, 0.2) is 4.80 Å². The fourth-order valence-corrected chi connectivity index (χ4v) is 6.21. The molecule has 2 aliphatic rings. The number of hydrogen-bond acceptors (Lipinski definition) is 6. The Morgan fingerprint density at radius 3 is 2.56 bits per heavy atom. The van der Waals surface area contributed by atoms with Gasteiger partial charge in [-0.05, 0) is 49.2 Å². The first-order valence-corrected chi connectivity index (χ1v) is 12.6. The zero-order valence-electron chi connectivity index (χ0n) is 19.9. The van der Waals surface area contributed by atoms with Gasteiger partial charge in [0, 0.05) is 5.56 Å². The van der Waals surface area contributed by atoms with E-state index in [2.05, 4.69) is 0 Å². The van der Waals surface area contributed by atoms with E-state index in [4.69, 9.17) is 14.5 Å². The summed E-state index contributed by atoms with van der Waals surface area (Å²) in [5, 5.41) is 0. The van der Waals surface area contributed by atoms with Crippen molar-refractivity contribution in [1.29, 1.82) is 0 Å². The topological polar surface area (TPSA) is 69.9 Å². The van der Waals surface area contributed by atoms with Crippen molar-refractivity contribution in [3.8, 4) is 11.5 Å². The van der Waals surface area contributed by atoms with Crippen LogP contribution in [-0.4, -0.2) is 16.1 Å². The number of thiazole rings is 1. The van der Waals surface area contributed by atoms with Gasteiger partial charge in [-0.25, -0.2) is 4.99 Å². The van der Waals surface area contributed by atoms with Gasteiger partial charge >= 0.3 is 0 Å². The fraction of sp³-hybridized carbons (Fsp3) is 0.207. The number of ketones is 1. The number of carbonyl (C=O) groups excluding carboxylic acids is 1. The molecule has 7 heteroatoms. The third-order valence-electron chi connectivity index (χ3n) is 6.74. The van der Waals surface area contributed by atoms with Crippen molar-refractivity contribution in [2.24, 2.45) is 10.9 Å². The Morgan fingerprint density at radius 2 is 1.81 bits per heavy atom. The van der Waals surface area contributed by atoms with E-state index >= 15 is 0 Å². The van der Waals surface area contributed by atoms with Crippen molar-refractivity contribution in [1.82, 2.24) is 4.57 Å². The molecule has 1 aromatic heterocycles. The number of fused-ring (bicyclic) bond motifs is 6. The van der Waals surface area contributed by atoms with Gasteiger partial charge in [0.25, 0.3) is 5.56 Å². The lowest BCUT2D eigenvalue weighted by Crippen LogP contribution is -2.58. The van der Waals surface area contributed by atoms with Crippen LogP contribution in [0.1, 0.15) is 36.6 Å². The normalized spacial score (nSPS) is 22.1. The molecule has 180 valence electrons. The molecule has 0 saturated carbocycles. The van der Waals surface area contributed by atoms with Gasteiger partial charge in [0.2, 0.25) is 5.72 Å². The van der Waals surface area contributed by atoms with E-state index in [0.717, 1.165) is 22.4 Å². The number of nitrogens with zero attached hydrogens (tertiary/aromatic N) is 2. The number of Topliss-reactive ketones (excluding diaryl/α,β-unsaturated/α-hetero) is 1. The van der Waals surface area contributed by atoms with Crippen molar-refractivity contribution < 1.29 is 14.3 Å². The molecule has 0 amide bonds. The molecule has 4 aromatic rings. The quantitative estimate of drug-likeness (QED) is 0.421. The van der Waals surface area contributed by atoms with E-state index in [9.17, 15) is 9.59 Å². The minimum absolute atomic E-state index is 0.0545. The first-order valence-electron chi connectivity index (χ1n) is 11.8. The smallest absolute Gasteiger partial charge is 0.270 e. The van der Waals surface area contributed by atoms with Gasteiger partial charge < -0.3 is 9.47 Å². The molecule has 0 radical (unpaired) electrons. The zero-order chi connectivity index (χ0) is 24.9. The second-order valence-corrected chi connectivity index (χ2v) is 10.3. The molecule has 0 spiro atoms. The second-order valence-electron chi connectivity index (χ2n) is 9.25. The summed E-state index contributed by atoms with van der Waals surface area (Å²) in [7, 11) is 0. The van der Waals surface area contributed by atoms with E-state index < -0.39 is 17.7 Å². The van der Waals surface area contributed by atoms with Crippen LogP contribution in [0.4, 0.5) is 0 Å². The summed E-state index contributed by atoms with van der Waals surface area (Å²) in [5.74, 6) is 0.779.